The topological polar surface area (TPSA) is 66.5 Å². The molecule has 0 atom stereocenters. The summed E-state index contributed by atoms with van der Waals surface area (Å²) in [6.45, 7) is 0.233. The summed E-state index contributed by atoms with van der Waals surface area (Å²) in [6, 6.07) is 14.4. The Kier molecular flexibility index (Phi) is 4.75. The molecular formula is C22H22N2O3. The number of nitrogens with one attached hydrogen (secondary N) is 1. The summed E-state index contributed by atoms with van der Waals surface area (Å²) in [4.78, 5) is 39.2. The molecule has 4 rings (SSSR count). The maximum absolute atomic E-state index is 12.7. The van der Waals surface area contributed by atoms with Gasteiger partial charge in [-0.05, 0) is 36.6 Å². The molecule has 1 aliphatic heterocycles. The molecule has 2 aliphatic rings. The van der Waals surface area contributed by atoms with Crippen molar-refractivity contribution in [2.75, 3.05) is 0 Å². The van der Waals surface area contributed by atoms with Crippen LogP contribution in [0.15, 0.2) is 48.5 Å². The van der Waals surface area contributed by atoms with Crippen molar-refractivity contribution in [3.8, 4) is 0 Å². The van der Waals surface area contributed by atoms with Gasteiger partial charge in [0.2, 0.25) is 0 Å². The van der Waals surface area contributed by atoms with Gasteiger partial charge in [0.1, 0.15) is 0 Å². The van der Waals surface area contributed by atoms with Crippen molar-refractivity contribution in [2.24, 2.45) is 0 Å². The van der Waals surface area contributed by atoms with E-state index in [-0.39, 0.29) is 30.3 Å². The van der Waals surface area contributed by atoms with Crippen LogP contribution in [-0.2, 0) is 6.54 Å². The van der Waals surface area contributed by atoms with Crippen LogP contribution in [-0.4, -0.2) is 28.7 Å². The van der Waals surface area contributed by atoms with Gasteiger partial charge in [-0.15, -0.1) is 0 Å². The first-order chi connectivity index (χ1) is 13.1. The third-order valence-corrected chi connectivity index (χ3v) is 5.36. The smallest absolute Gasteiger partial charge is 0.261 e. The number of carbonyl (C=O) groups excluding carboxylic acids is 3. The molecule has 27 heavy (non-hydrogen) atoms. The predicted molar refractivity (Wildman–Crippen MR) is 101 cm³/mol. The lowest BCUT2D eigenvalue weighted by Crippen LogP contribution is -2.36. The normalized spacial score (nSPS) is 17.1. The van der Waals surface area contributed by atoms with Gasteiger partial charge in [0.05, 0.1) is 17.7 Å². The first-order valence-electron chi connectivity index (χ1n) is 9.48. The molecular weight excluding hydrogens is 340 g/mol. The number of imide groups is 1. The summed E-state index contributed by atoms with van der Waals surface area (Å²) >= 11 is 0. The molecule has 0 radical (unpaired) electrons. The molecule has 0 bridgehead atoms. The highest BCUT2D eigenvalue weighted by Crippen LogP contribution is 2.26. The summed E-state index contributed by atoms with van der Waals surface area (Å²) in [6.07, 6.45) is 5.49. The molecule has 5 nitrogen and oxygen atoms in total. The van der Waals surface area contributed by atoms with Crippen molar-refractivity contribution in [3.05, 3.63) is 70.8 Å². The van der Waals surface area contributed by atoms with Crippen LogP contribution in [0.2, 0.25) is 0 Å². The van der Waals surface area contributed by atoms with E-state index in [9.17, 15) is 14.4 Å². The standard InChI is InChI=1S/C22H22N2O3/c25-20(23-17-9-5-2-6-10-17)16-11-12-18-19(13-16)22(27)24(21(18)26)14-15-7-3-1-4-8-15/h1,3-4,7-8,11-13,17H,2,5-6,9-10,14H2,(H,23,25). The van der Waals surface area contributed by atoms with Crippen molar-refractivity contribution in [1.29, 1.82) is 0 Å². The van der Waals surface area contributed by atoms with Crippen molar-refractivity contribution < 1.29 is 14.4 Å². The summed E-state index contributed by atoms with van der Waals surface area (Å²) in [5.41, 5.74) is 2.00. The maximum Gasteiger partial charge on any atom is 0.261 e. The third-order valence-electron chi connectivity index (χ3n) is 5.36. The average molecular weight is 362 g/mol. The number of hydrogen-bond acceptors (Lipinski definition) is 3. The number of carbonyl (C=O) groups is 3. The van der Waals surface area contributed by atoms with Crippen LogP contribution in [0.3, 0.4) is 0 Å². The summed E-state index contributed by atoms with van der Waals surface area (Å²) in [7, 11) is 0. The lowest BCUT2D eigenvalue weighted by Gasteiger charge is -2.22. The molecule has 5 heteroatoms. The monoisotopic (exact) mass is 362 g/mol. The molecule has 1 saturated carbocycles. The van der Waals surface area contributed by atoms with E-state index in [2.05, 4.69) is 5.32 Å². The Hall–Kier alpha value is -2.95. The Morgan fingerprint density at radius 2 is 1.63 bits per heavy atom. The van der Waals surface area contributed by atoms with E-state index >= 15 is 0 Å². The number of hydrogen-bond donors (Lipinski definition) is 1. The zero-order chi connectivity index (χ0) is 18.8. The first-order valence-corrected chi connectivity index (χ1v) is 9.48. The van der Waals surface area contributed by atoms with E-state index in [1.54, 1.807) is 18.2 Å². The van der Waals surface area contributed by atoms with Crippen LogP contribution in [0.5, 0.6) is 0 Å². The van der Waals surface area contributed by atoms with Crippen molar-refractivity contribution in [1.82, 2.24) is 10.2 Å². The minimum Gasteiger partial charge on any atom is -0.349 e. The highest BCUT2D eigenvalue weighted by atomic mass is 16.2. The Bertz CT molecular complexity index is 886. The van der Waals surface area contributed by atoms with Crippen LogP contribution < -0.4 is 5.32 Å². The van der Waals surface area contributed by atoms with Crippen LogP contribution in [0, 0.1) is 0 Å². The molecule has 1 heterocycles. The third kappa shape index (κ3) is 3.50. The van der Waals surface area contributed by atoms with Crippen LogP contribution in [0.1, 0.15) is 68.7 Å². The summed E-state index contributed by atoms with van der Waals surface area (Å²) in [5.74, 6) is -0.823. The van der Waals surface area contributed by atoms with Gasteiger partial charge in [0, 0.05) is 11.6 Å². The van der Waals surface area contributed by atoms with Crippen LogP contribution >= 0.6 is 0 Å². The fourth-order valence-corrected chi connectivity index (χ4v) is 3.86. The van der Waals surface area contributed by atoms with Gasteiger partial charge < -0.3 is 5.32 Å². The van der Waals surface area contributed by atoms with Crippen molar-refractivity contribution >= 4 is 17.7 Å². The van der Waals surface area contributed by atoms with Gasteiger partial charge in [0.15, 0.2) is 0 Å². The number of nitrogens with zero attached hydrogens (tertiary/aromatic N) is 1. The molecule has 0 unspecified atom stereocenters. The lowest BCUT2D eigenvalue weighted by molar-refractivity contribution is 0.0642. The van der Waals surface area contributed by atoms with Crippen molar-refractivity contribution in [3.63, 3.8) is 0 Å². The fourth-order valence-electron chi connectivity index (χ4n) is 3.86. The number of fused-ring (bicyclic) bond motifs is 1. The Balaban J connectivity index is 1.52. The molecule has 2 aromatic carbocycles. The second kappa shape index (κ2) is 7.35. The van der Waals surface area contributed by atoms with E-state index in [4.69, 9.17) is 0 Å². The SMILES string of the molecule is O=C(NC1CCCCC1)c1ccc2c(c1)C(=O)N(Cc1ccccc1)C2=O. The number of benzene rings is 2. The molecule has 1 aliphatic carbocycles. The molecule has 2 aromatic rings. The summed E-state index contributed by atoms with van der Waals surface area (Å²) < 4.78 is 0. The van der Waals surface area contributed by atoms with E-state index in [1.807, 2.05) is 30.3 Å². The Morgan fingerprint density at radius 1 is 0.926 bits per heavy atom. The van der Waals surface area contributed by atoms with Gasteiger partial charge >= 0.3 is 0 Å². The highest BCUT2D eigenvalue weighted by molar-refractivity contribution is 6.22. The maximum atomic E-state index is 12.7. The van der Waals surface area contributed by atoms with E-state index in [1.165, 1.54) is 11.3 Å². The number of rotatable bonds is 4. The quantitative estimate of drug-likeness (QED) is 0.846. The summed E-state index contributed by atoms with van der Waals surface area (Å²) in [5, 5.41) is 3.05. The largest absolute Gasteiger partial charge is 0.349 e. The van der Waals surface area contributed by atoms with E-state index < -0.39 is 0 Å². The first kappa shape index (κ1) is 17.5. The minimum atomic E-state index is -0.342. The molecule has 0 aromatic heterocycles. The second-order valence-electron chi connectivity index (χ2n) is 7.25. The second-order valence-corrected chi connectivity index (χ2v) is 7.25. The van der Waals surface area contributed by atoms with Gasteiger partial charge in [-0.25, -0.2) is 0 Å². The molecule has 0 saturated heterocycles. The molecule has 138 valence electrons. The van der Waals surface area contributed by atoms with E-state index in [0.717, 1.165) is 31.2 Å². The molecule has 1 N–H and O–H groups in total. The van der Waals surface area contributed by atoms with Crippen LogP contribution in [0.4, 0.5) is 0 Å². The van der Waals surface area contributed by atoms with E-state index in [0.29, 0.717) is 16.7 Å². The molecule has 0 spiro atoms. The predicted octanol–water partition coefficient (Wildman–Crippen LogP) is 3.55. The zero-order valence-electron chi connectivity index (χ0n) is 15.1. The average Bonchev–Trinajstić information content (AvgIpc) is 2.94. The van der Waals surface area contributed by atoms with Gasteiger partial charge in [-0.1, -0.05) is 49.6 Å². The fraction of sp³-hybridized carbons (Fsp3) is 0.318. The van der Waals surface area contributed by atoms with Gasteiger partial charge in [0.25, 0.3) is 17.7 Å². The van der Waals surface area contributed by atoms with Crippen molar-refractivity contribution in [2.45, 2.75) is 44.7 Å². The highest BCUT2D eigenvalue weighted by Gasteiger charge is 2.36. The molecule has 3 amide bonds. The Labute approximate surface area is 158 Å². The van der Waals surface area contributed by atoms with Crippen LogP contribution in [0.25, 0.3) is 0 Å². The lowest BCUT2D eigenvalue weighted by atomic mass is 9.95. The van der Waals surface area contributed by atoms with Gasteiger partial charge in [-0.2, -0.15) is 0 Å². The van der Waals surface area contributed by atoms with Gasteiger partial charge in [-0.3, -0.25) is 19.3 Å². The zero-order valence-corrected chi connectivity index (χ0v) is 15.1. The molecule has 1 fully saturated rings. The Morgan fingerprint density at radius 3 is 2.37 bits per heavy atom. The number of amides is 3. The minimum absolute atomic E-state index is 0.175.